The zero-order valence-corrected chi connectivity index (χ0v) is 11.4. The molecule has 4 heteroatoms. The Morgan fingerprint density at radius 2 is 1.95 bits per heavy atom. The number of nitrogen functional groups attached to an aromatic ring is 1. The quantitative estimate of drug-likeness (QED) is 0.819. The van der Waals surface area contributed by atoms with Crippen LogP contribution in [0.1, 0.15) is 23.7 Å². The van der Waals surface area contributed by atoms with Crippen molar-refractivity contribution in [1.82, 2.24) is 0 Å². The van der Waals surface area contributed by atoms with Gasteiger partial charge < -0.3 is 15.8 Å². The Balaban J connectivity index is 2.09. The third kappa shape index (κ3) is 3.51. The molecule has 0 unspecified atom stereocenters. The first-order valence-corrected chi connectivity index (χ1v) is 6.59. The van der Waals surface area contributed by atoms with Crippen molar-refractivity contribution in [3.63, 3.8) is 0 Å². The van der Waals surface area contributed by atoms with Crippen molar-refractivity contribution in [2.75, 3.05) is 17.7 Å². The molecule has 0 saturated heterocycles. The van der Waals surface area contributed by atoms with E-state index in [0.717, 1.165) is 12.1 Å². The summed E-state index contributed by atoms with van der Waals surface area (Å²) in [5, 5.41) is 2.81. The molecule has 2 rings (SSSR count). The average Bonchev–Trinajstić information content (AvgIpc) is 2.47. The van der Waals surface area contributed by atoms with E-state index in [2.05, 4.69) is 5.32 Å². The number of benzene rings is 2. The van der Waals surface area contributed by atoms with Gasteiger partial charge in [0.15, 0.2) is 0 Å². The molecule has 0 aliphatic rings. The summed E-state index contributed by atoms with van der Waals surface area (Å²) in [4.78, 5) is 12.1. The van der Waals surface area contributed by atoms with Gasteiger partial charge in [0.25, 0.3) is 5.91 Å². The topological polar surface area (TPSA) is 64.3 Å². The molecule has 1 amide bonds. The first-order chi connectivity index (χ1) is 9.70. The van der Waals surface area contributed by atoms with Crippen LogP contribution in [0.2, 0.25) is 0 Å². The van der Waals surface area contributed by atoms with E-state index in [9.17, 15) is 4.79 Å². The van der Waals surface area contributed by atoms with Gasteiger partial charge in [-0.1, -0.05) is 25.1 Å². The molecule has 0 fully saturated rings. The lowest BCUT2D eigenvalue weighted by Gasteiger charge is -2.10. The molecule has 0 radical (unpaired) electrons. The minimum absolute atomic E-state index is 0.190. The molecule has 2 aromatic carbocycles. The SMILES string of the molecule is CCCOc1ccc(C(=O)Nc2ccccc2)cc1N. The van der Waals surface area contributed by atoms with E-state index < -0.39 is 0 Å². The molecule has 0 aliphatic heterocycles. The van der Waals surface area contributed by atoms with Gasteiger partial charge >= 0.3 is 0 Å². The molecule has 0 saturated carbocycles. The number of amides is 1. The zero-order chi connectivity index (χ0) is 14.4. The lowest BCUT2D eigenvalue weighted by Crippen LogP contribution is -2.12. The second-order valence-electron chi connectivity index (χ2n) is 4.42. The number of hydrogen-bond acceptors (Lipinski definition) is 3. The standard InChI is InChI=1S/C16H18N2O2/c1-2-10-20-15-9-8-12(11-14(15)17)16(19)18-13-6-4-3-5-7-13/h3-9,11H,2,10,17H2,1H3,(H,18,19). The fourth-order valence-electron chi connectivity index (χ4n) is 1.76. The summed E-state index contributed by atoms with van der Waals surface area (Å²) in [7, 11) is 0. The number of rotatable bonds is 5. The van der Waals surface area contributed by atoms with Gasteiger partial charge in [-0.25, -0.2) is 0 Å². The Morgan fingerprint density at radius 3 is 2.60 bits per heavy atom. The minimum Gasteiger partial charge on any atom is -0.491 e. The van der Waals surface area contributed by atoms with Crippen molar-refractivity contribution in [3.8, 4) is 5.75 Å². The minimum atomic E-state index is -0.190. The fraction of sp³-hybridized carbons (Fsp3) is 0.188. The van der Waals surface area contributed by atoms with Crippen LogP contribution >= 0.6 is 0 Å². The maximum Gasteiger partial charge on any atom is 0.255 e. The second-order valence-corrected chi connectivity index (χ2v) is 4.42. The smallest absolute Gasteiger partial charge is 0.255 e. The number of carbonyl (C=O) groups excluding carboxylic acids is 1. The largest absolute Gasteiger partial charge is 0.491 e. The fourth-order valence-corrected chi connectivity index (χ4v) is 1.76. The summed E-state index contributed by atoms with van der Waals surface area (Å²) < 4.78 is 5.48. The van der Waals surface area contributed by atoms with E-state index in [1.165, 1.54) is 0 Å². The van der Waals surface area contributed by atoms with E-state index in [-0.39, 0.29) is 5.91 Å². The van der Waals surface area contributed by atoms with E-state index >= 15 is 0 Å². The zero-order valence-electron chi connectivity index (χ0n) is 11.4. The van der Waals surface area contributed by atoms with Crippen LogP contribution in [0.15, 0.2) is 48.5 Å². The van der Waals surface area contributed by atoms with Gasteiger partial charge in [-0.3, -0.25) is 4.79 Å². The molecule has 0 bridgehead atoms. The lowest BCUT2D eigenvalue weighted by molar-refractivity contribution is 0.102. The number of anilines is 2. The Kier molecular flexibility index (Phi) is 4.60. The lowest BCUT2D eigenvalue weighted by atomic mass is 10.1. The van der Waals surface area contributed by atoms with Crippen LogP contribution in [0.3, 0.4) is 0 Å². The molecule has 4 nitrogen and oxygen atoms in total. The van der Waals surface area contributed by atoms with Crippen molar-refractivity contribution in [1.29, 1.82) is 0 Å². The van der Waals surface area contributed by atoms with Gasteiger partial charge in [-0.05, 0) is 36.8 Å². The second kappa shape index (κ2) is 6.61. The summed E-state index contributed by atoms with van der Waals surface area (Å²) in [6.45, 7) is 2.64. The van der Waals surface area contributed by atoms with Crippen LogP contribution in [-0.2, 0) is 0 Å². The monoisotopic (exact) mass is 270 g/mol. The van der Waals surface area contributed by atoms with Gasteiger partial charge in [0.1, 0.15) is 5.75 Å². The van der Waals surface area contributed by atoms with Crippen LogP contribution in [-0.4, -0.2) is 12.5 Å². The molecule has 20 heavy (non-hydrogen) atoms. The van der Waals surface area contributed by atoms with Gasteiger partial charge in [-0.2, -0.15) is 0 Å². The number of nitrogens with two attached hydrogens (primary N) is 1. The van der Waals surface area contributed by atoms with Crippen LogP contribution in [0, 0.1) is 0 Å². The molecule has 0 aliphatic carbocycles. The summed E-state index contributed by atoms with van der Waals surface area (Å²) in [6, 6.07) is 14.4. The van der Waals surface area contributed by atoms with Gasteiger partial charge in [0.2, 0.25) is 0 Å². The molecular formula is C16H18N2O2. The highest BCUT2D eigenvalue weighted by atomic mass is 16.5. The van der Waals surface area contributed by atoms with Crippen molar-refractivity contribution in [3.05, 3.63) is 54.1 Å². The number of hydrogen-bond donors (Lipinski definition) is 2. The third-order valence-corrected chi connectivity index (χ3v) is 2.77. The highest BCUT2D eigenvalue weighted by molar-refractivity contribution is 6.04. The number of para-hydroxylation sites is 1. The summed E-state index contributed by atoms with van der Waals surface area (Å²) in [6.07, 6.45) is 0.912. The molecule has 2 aromatic rings. The average molecular weight is 270 g/mol. The van der Waals surface area contributed by atoms with E-state index in [1.54, 1.807) is 18.2 Å². The highest BCUT2D eigenvalue weighted by Crippen LogP contribution is 2.23. The molecule has 0 spiro atoms. The predicted octanol–water partition coefficient (Wildman–Crippen LogP) is 3.31. The Hall–Kier alpha value is -2.49. The maximum atomic E-state index is 12.1. The molecule has 0 aromatic heterocycles. The Bertz CT molecular complexity index is 582. The van der Waals surface area contributed by atoms with Crippen molar-refractivity contribution < 1.29 is 9.53 Å². The van der Waals surface area contributed by atoms with Crippen LogP contribution in [0.5, 0.6) is 5.75 Å². The summed E-state index contributed by atoms with van der Waals surface area (Å²) >= 11 is 0. The molecular weight excluding hydrogens is 252 g/mol. The summed E-state index contributed by atoms with van der Waals surface area (Å²) in [5.41, 5.74) is 7.62. The summed E-state index contributed by atoms with van der Waals surface area (Å²) in [5.74, 6) is 0.424. The van der Waals surface area contributed by atoms with Crippen molar-refractivity contribution in [2.45, 2.75) is 13.3 Å². The highest BCUT2D eigenvalue weighted by Gasteiger charge is 2.09. The molecule has 0 heterocycles. The normalized spacial score (nSPS) is 10.1. The number of nitrogens with one attached hydrogen (secondary N) is 1. The predicted molar refractivity (Wildman–Crippen MR) is 81.0 cm³/mol. The molecule has 0 atom stereocenters. The van der Waals surface area contributed by atoms with Crippen molar-refractivity contribution >= 4 is 17.3 Å². The molecule has 104 valence electrons. The third-order valence-electron chi connectivity index (χ3n) is 2.77. The number of carbonyl (C=O) groups is 1. The van der Waals surface area contributed by atoms with Crippen LogP contribution < -0.4 is 15.8 Å². The molecule has 3 N–H and O–H groups in total. The number of ether oxygens (including phenoxy) is 1. The van der Waals surface area contributed by atoms with Crippen LogP contribution in [0.25, 0.3) is 0 Å². The van der Waals surface area contributed by atoms with E-state index in [4.69, 9.17) is 10.5 Å². The van der Waals surface area contributed by atoms with Gasteiger partial charge in [0.05, 0.1) is 12.3 Å². The van der Waals surface area contributed by atoms with Gasteiger partial charge in [0, 0.05) is 11.3 Å². The van der Waals surface area contributed by atoms with E-state index in [1.807, 2.05) is 37.3 Å². The van der Waals surface area contributed by atoms with E-state index in [0.29, 0.717) is 23.6 Å². The Morgan fingerprint density at radius 1 is 1.20 bits per heavy atom. The van der Waals surface area contributed by atoms with Crippen LogP contribution in [0.4, 0.5) is 11.4 Å². The first kappa shape index (κ1) is 13.9. The Labute approximate surface area is 118 Å². The first-order valence-electron chi connectivity index (χ1n) is 6.59. The maximum absolute atomic E-state index is 12.1. The van der Waals surface area contributed by atoms with Crippen molar-refractivity contribution in [2.24, 2.45) is 0 Å². The van der Waals surface area contributed by atoms with Gasteiger partial charge in [-0.15, -0.1) is 0 Å².